The Morgan fingerprint density at radius 2 is 2.30 bits per heavy atom. The monoisotopic (exact) mass is 339 g/mol. The van der Waals surface area contributed by atoms with Crippen molar-refractivity contribution in [3.63, 3.8) is 0 Å². The molecule has 0 aromatic heterocycles. The highest BCUT2D eigenvalue weighted by atomic mass is 79.9. The summed E-state index contributed by atoms with van der Waals surface area (Å²) in [6, 6.07) is 6.09. The molecule has 1 aromatic carbocycles. The van der Waals surface area contributed by atoms with E-state index in [-0.39, 0.29) is 11.9 Å². The molecule has 0 saturated carbocycles. The fraction of sp³-hybridized carbons (Fsp3) is 0.533. The van der Waals surface area contributed by atoms with E-state index in [1.54, 1.807) is 0 Å². The molecule has 0 aliphatic carbocycles. The number of anilines is 1. The van der Waals surface area contributed by atoms with Gasteiger partial charge in [-0.2, -0.15) is 0 Å². The van der Waals surface area contributed by atoms with Crippen LogP contribution in [0.5, 0.6) is 0 Å². The fourth-order valence-electron chi connectivity index (χ4n) is 2.52. The van der Waals surface area contributed by atoms with Crippen LogP contribution >= 0.6 is 15.9 Å². The molecule has 2 rings (SSSR count). The molecule has 1 heterocycles. The molecule has 3 N–H and O–H groups in total. The van der Waals surface area contributed by atoms with Crippen molar-refractivity contribution in [3.05, 3.63) is 28.2 Å². The number of likely N-dealkylation sites (tertiary alicyclic amines) is 1. The van der Waals surface area contributed by atoms with Crippen molar-refractivity contribution >= 4 is 27.5 Å². The lowest BCUT2D eigenvalue weighted by molar-refractivity contribution is -0.117. The van der Waals surface area contributed by atoms with Crippen molar-refractivity contribution in [3.8, 4) is 0 Å². The zero-order valence-electron chi connectivity index (χ0n) is 12.0. The number of carbonyl (C=O) groups is 1. The summed E-state index contributed by atoms with van der Waals surface area (Å²) >= 11 is 3.45. The first-order valence-electron chi connectivity index (χ1n) is 6.99. The minimum atomic E-state index is 0.0365. The van der Waals surface area contributed by atoms with E-state index in [2.05, 4.69) is 33.1 Å². The van der Waals surface area contributed by atoms with Crippen LogP contribution in [0.25, 0.3) is 0 Å². The fourth-order valence-corrected chi connectivity index (χ4v) is 2.77. The maximum Gasteiger partial charge on any atom is 0.238 e. The van der Waals surface area contributed by atoms with Crippen LogP contribution in [0.15, 0.2) is 22.7 Å². The van der Waals surface area contributed by atoms with Crippen LogP contribution in [0.3, 0.4) is 0 Å². The number of nitrogens with one attached hydrogen (secondary N) is 1. The van der Waals surface area contributed by atoms with Crippen LogP contribution in [0.2, 0.25) is 0 Å². The number of aryl methyl sites for hydroxylation is 1. The second kappa shape index (κ2) is 6.70. The molecule has 2 atom stereocenters. The Kier molecular flexibility index (Phi) is 5.18. The van der Waals surface area contributed by atoms with Gasteiger partial charge >= 0.3 is 0 Å². The molecule has 1 fully saturated rings. The van der Waals surface area contributed by atoms with E-state index >= 15 is 0 Å². The van der Waals surface area contributed by atoms with Crippen molar-refractivity contribution in [2.45, 2.75) is 26.3 Å². The number of amides is 1. The average Bonchev–Trinajstić information content (AvgIpc) is 2.38. The summed E-state index contributed by atoms with van der Waals surface area (Å²) in [4.78, 5) is 14.2. The van der Waals surface area contributed by atoms with Gasteiger partial charge in [0.05, 0.1) is 6.54 Å². The van der Waals surface area contributed by atoms with Gasteiger partial charge in [-0.05, 0) is 43.0 Å². The van der Waals surface area contributed by atoms with Crippen molar-refractivity contribution in [2.24, 2.45) is 11.7 Å². The van der Waals surface area contributed by atoms with E-state index in [4.69, 9.17) is 5.73 Å². The topological polar surface area (TPSA) is 58.4 Å². The second-order valence-electron chi connectivity index (χ2n) is 5.68. The Balaban J connectivity index is 1.87. The molecular weight excluding hydrogens is 318 g/mol. The lowest BCUT2D eigenvalue weighted by atomic mass is 9.95. The van der Waals surface area contributed by atoms with E-state index in [0.717, 1.165) is 35.2 Å². The SMILES string of the molecule is Cc1cc(NC(=O)CN2CCC(N)C(C)C2)ccc1Br. The number of rotatable bonds is 3. The largest absolute Gasteiger partial charge is 0.327 e. The molecule has 5 heteroatoms. The van der Waals surface area contributed by atoms with E-state index in [9.17, 15) is 4.79 Å². The molecule has 2 unspecified atom stereocenters. The van der Waals surface area contributed by atoms with E-state index < -0.39 is 0 Å². The summed E-state index contributed by atoms with van der Waals surface area (Å²) in [5.74, 6) is 0.487. The average molecular weight is 340 g/mol. The van der Waals surface area contributed by atoms with Crippen molar-refractivity contribution < 1.29 is 4.79 Å². The summed E-state index contributed by atoms with van der Waals surface area (Å²) in [7, 11) is 0. The third-order valence-electron chi connectivity index (χ3n) is 3.86. The number of nitrogens with zero attached hydrogens (tertiary/aromatic N) is 1. The number of hydrogen-bond donors (Lipinski definition) is 2. The first-order chi connectivity index (χ1) is 9.45. The molecule has 1 saturated heterocycles. The molecule has 1 amide bonds. The van der Waals surface area contributed by atoms with Crippen LogP contribution in [-0.2, 0) is 4.79 Å². The Morgan fingerprint density at radius 3 is 2.95 bits per heavy atom. The van der Waals surface area contributed by atoms with Gasteiger partial charge in [0.1, 0.15) is 0 Å². The number of benzene rings is 1. The van der Waals surface area contributed by atoms with Crippen molar-refractivity contribution in [1.29, 1.82) is 0 Å². The number of nitrogens with two attached hydrogens (primary N) is 1. The molecule has 0 radical (unpaired) electrons. The highest BCUT2D eigenvalue weighted by Gasteiger charge is 2.24. The standard InChI is InChI=1S/C15H22BrN3O/c1-10-7-12(3-4-13(10)16)18-15(20)9-19-6-5-14(17)11(2)8-19/h3-4,7,11,14H,5-6,8-9,17H2,1-2H3,(H,18,20). The maximum atomic E-state index is 12.1. The molecule has 1 aliphatic heterocycles. The zero-order chi connectivity index (χ0) is 14.7. The van der Waals surface area contributed by atoms with Gasteiger partial charge in [0.25, 0.3) is 0 Å². The Hall–Kier alpha value is -0.910. The first-order valence-corrected chi connectivity index (χ1v) is 7.79. The lowest BCUT2D eigenvalue weighted by Gasteiger charge is -2.34. The summed E-state index contributed by atoms with van der Waals surface area (Å²) in [5, 5.41) is 2.95. The molecule has 0 bridgehead atoms. The zero-order valence-corrected chi connectivity index (χ0v) is 13.6. The maximum absolute atomic E-state index is 12.1. The van der Waals surface area contributed by atoms with Crippen LogP contribution in [0.1, 0.15) is 18.9 Å². The number of piperidine rings is 1. The van der Waals surface area contributed by atoms with Gasteiger partial charge in [-0.3, -0.25) is 9.69 Å². The molecule has 0 spiro atoms. The minimum absolute atomic E-state index is 0.0365. The molecule has 20 heavy (non-hydrogen) atoms. The second-order valence-corrected chi connectivity index (χ2v) is 6.53. The van der Waals surface area contributed by atoms with Crippen molar-refractivity contribution in [1.82, 2.24) is 4.90 Å². The number of hydrogen-bond acceptors (Lipinski definition) is 3. The van der Waals surface area contributed by atoms with Crippen LogP contribution < -0.4 is 11.1 Å². The predicted molar refractivity (Wildman–Crippen MR) is 85.7 cm³/mol. The summed E-state index contributed by atoms with van der Waals surface area (Å²) < 4.78 is 1.05. The highest BCUT2D eigenvalue weighted by Crippen LogP contribution is 2.20. The van der Waals surface area contributed by atoms with Crippen molar-refractivity contribution in [2.75, 3.05) is 25.0 Å². The summed E-state index contributed by atoms with van der Waals surface area (Å²) in [5.41, 5.74) is 7.95. The molecule has 1 aromatic rings. The van der Waals surface area contributed by atoms with Crippen LogP contribution in [-0.4, -0.2) is 36.5 Å². The molecular formula is C15H22BrN3O. The van der Waals surface area contributed by atoms with E-state index in [1.807, 2.05) is 25.1 Å². The van der Waals surface area contributed by atoms with Crippen LogP contribution in [0, 0.1) is 12.8 Å². The Morgan fingerprint density at radius 1 is 1.55 bits per heavy atom. The van der Waals surface area contributed by atoms with Gasteiger partial charge < -0.3 is 11.1 Å². The molecule has 4 nitrogen and oxygen atoms in total. The highest BCUT2D eigenvalue weighted by molar-refractivity contribution is 9.10. The molecule has 1 aliphatic rings. The summed E-state index contributed by atoms with van der Waals surface area (Å²) in [6.07, 6.45) is 0.964. The van der Waals surface area contributed by atoms with Gasteiger partial charge in [0, 0.05) is 29.3 Å². The number of halogens is 1. The quantitative estimate of drug-likeness (QED) is 0.888. The van der Waals surface area contributed by atoms with Gasteiger partial charge in [-0.15, -0.1) is 0 Å². The Bertz CT molecular complexity index is 492. The smallest absolute Gasteiger partial charge is 0.238 e. The Labute approximate surface area is 128 Å². The minimum Gasteiger partial charge on any atom is -0.327 e. The third-order valence-corrected chi connectivity index (χ3v) is 4.75. The van der Waals surface area contributed by atoms with Crippen LogP contribution in [0.4, 0.5) is 5.69 Å². The van der Waals surface area contributed by atoms with Gasteiger partial charge in [0.2, 0.25) is 5.91 Å². The van der Waals surface area contributed by atoms with E-state index in [0.29, 0.717) is 12.5 Å². The van der Waals surface area contributed by atoms with E-state index in [1.165, 1.54) is 0 Å². The van der Waals surface area contributed by atoms with Gasteiger partial charge in [0.15, 0.2) is 0 Å². The van der Waals surface area contributed by atoms with Gasteiger partial charge in [-0.1, -0.05) is 22.9 Å². The predicted octanol–water partition coefficient (Wildman–Crippen LogP) is 2.37. The summed E-state index contributed by atoms with van der Waals surface area (Å²) in [6.45, 7) is 6.39. The lowest BCUT2D eigenvalue weighted by Crippen LogP contribution is -2.48. The third kappa shape index (κ3) is 4.04. The molecule has 110 valence electrons. The normalized spacial score (nSPS) is 23.6. The first kappa shape index (κ1) is 15.5. The van der Waals surface area contributed by atoms with Gasteiger partial charge in [-0.25, -0.2) is 0 Å². The number of carbonyl (C=O) groups excluding carboxylic acids is 1.